The summed E-state index contributed by atoms with van der Waals surface area (Å²) in [5.41, 5.74) is -0.691. The van der Waals surface area contributed by atoms with Gasteiger partial charge in [-0.25, -0.2) is 9.18 Å². The van der Waals surface area contributed by atoms with Crippen LogP contribution in [0.25, 0.3) is 0 Å². The van der Waals surface area contributed by atoms with Crippen LogP contribution in [0.2, 0.25) is 0 Å². The maximum Gasteiger partial charge on any atom is 0.411 e. The van der Waals surface area contributed by atoms with Gasteiger partial charge in [0.15, 0.2) is 5.78 Å². The number of Topliss-reactive ketones (excluding diaryl/α,β-unsaturated/α-hetero) is 1. The van der Waals surface area contributed by atoms with Crippen LogP contribution in [-0.4, -0.2) is 47.4 Å². The predicted molar refractivity (Wildman–Crippen MR) is 60.0 cm³/mol. The van der Waals surface area contributed by atoms with E-state index in [2.05, 4.69) is 0 Å². The van der Waals surface area contributed by atoms with Gasteiger partial charge in [0, 0.05) is 6.42 Å². The number of carbonyl (C=O) groups excluding carboxylic acids is 2. The molecule has 96 valence electrons. The normalized spacial score (nSPS) is 24.6. The van der Waals surface area contributed by atoms with Crippen molar-refractivity contribution in [2.24, 2.45) is 0 Å². The molecule has 0 aromatic heterocycles. The van der Waals surface area contributed by atoms with E-state index in [9.17, 15) is 14.0 Å². The van der Waals surface area contributed by atoms with Gasteiger partial charge in [-0.2, -0.15) is 0 Å². The molecule has 0 radical (unpaired) electrons. The Balaban J connectivity index is 2.77. The molecule has 0 aromatic carbocycles. The third kappa shape index (κ3) is 3.51. The maximum absolute atomic E-state index is 13.2. The molecule has 1 fully saturated rings. The largest absolute Gasteiger partial charge is 0.444 e. The van der Waals surface area contributed by atoms with Crippen molar-refractivity contribution < 1.29 is 18.7 Å². The highest BCUT2D eigenvalue weighted by molar-refractivity contribution is 6.29. The summed E-state index contributed by atoms with van der Waals surface area (Å²) < 4.78 is 18.3. The zero-order valence-electron chi connectivity index (χ0n) is 10.2. The molecule has 0 spiro atoms. The van der Waals surface area contributed by atoms with E-state index >= 15 is 0 Å². The number of amides is 1. The number of ketones is 1. The molecule has 1 rings (SSSR count). The van der Waals surface area contributed by atoms with Gasteiger partial charge in [0.1, 0.15) is 17.8 Å². The lowest BCUT2D eigenvalue weighted by atomic mass is 10.1. The molecule has 17 heavy (non-hydrogen) atoms. The average molecular weight is 244 g/mol. The van der Waals surface area contributed by atoms with Gasteiger partial charge in [-0.3, -0.25) is 9.69 Å². The number of likely N-dealkylation sites (tertiary alicyclic amines) is 1. The smallest absolute Gasteiger partial charge is 0.411 e. The van der Waals surface area contributed by atoms with Gasteiger partial charge < -0.3 is 10.1 Å². The fraction of sp³-hybridized carbons (Fsp3) is 0.727. The number of halogens is 1. The van der Waals surface area contributed by atoms with Gasteiger partial charge in [-0.05, 0) is 20.8 Å². The quantitative estimate of drug-likeness (QED) is 0.749. The monoisotopic (exact) mass is 244 g/mol. The SMILES string of the molecule is CC(C)(C)OC(=O)N1C[C@@H](F)C[C@H]1C(=O)C=N. The summed E-state index contributed by atoms with van der Waals surface area (Å²) in [4.78, 5) is 24.2. The van der Waals surface area contributed by atoms with Crippen LogP contribution in [-0.2, 0) is 9.53 Å². The van der Waals surface area contributed by atoms with Gasteiger partial charge in [-0.15, -0.1) is 0 Å². The molecule has 0 bridgehead atoms. The number of alkyl halides is 1. The summed E-state index contributed by atoms with van der Waals surface area (Å²) in [6.07, 6.45) is -1.40. The molecular formula is C11H17FN2O3. The fourth-order valence-corrected chi connectivity index (χ4v) is 1.67. The van der Waals surface area contributed by atoms with Gasteiger partial charge >= 0.3 is 6.09 Å². The molecule has 1 heterocycles. The van der Waals surface area contributed by atoms with Crippen molar-refractivity contribution in [3.63, 3.8) is 0 Å². The molecule has 6 heteroatoms. The molecule has 5 nitrogen and oxygen atoms in total. The molecule has 0 saturated carbocycles. The second-order valence-electron chi connectivity index (χ2n) is 5.03. The summed E-state index contributed by atoms with van der Waals surface area (Å²) in [7, 11) is 0. The fourth-order valence-electron chi connectivity index (χ4n) is 1.67. The summed E-state index contributed by atoms with van der Waals surface area (Å²) >= 11 is 0. The molecule has 1 aliphatic heterocycles. The van der Waals surface area contributed by atoms with Crippen LogP contribution >= 0.6 is 0 Å². The van der Waals surface area contributed by atoms with Crippen molar-refractivity contribution >= 4 is 18.1 Å². The predicted octanol–water partition coefficient (Wildman–Crippen LogP) is 1.55. The summed E-state index contributed by atoms with van der Waals surface area (Å²) in [5.74, 6) is -0.573. The number of hydrogen-bond donors (Lipinski definition) is 1. The Morgan fingerprint density at radius 2 is 2.06 bits per heavy atom. The minimum Gasteiger partial charge on any atom is -0.444 e. The van der Waals surface area contributed by atoms with Crippen molar-refractivity contribution in [3.05, 3.63) is 0 Å². The van der Waals surface area contributed by atoms with E-state index in [-0.39, 0.29) is 13.0 Å². The van der Waals surface area contributed by atoms with Crippen LogP contribution < -0.4 is 0 Å². The number of nitrogens with zero attached hydrogens (tertiary/aromatic N) is 1. The lowest BCUT2D eigenvalue weighted by Gasteiger charge is -2.27. The van der Waals surface area contributed by atoms with E-state index in [1.54, 1.807) is 20.8 Å². The van der Waals surface area contributed by atoms with Crippen molar-refractivity contribution in [1.29, 1.82) is 5.41 Å². The lowest BCUT2D eigenvalue weighted by molar-refractivity contribution is -0.116. The Hall–Kier alpha value is -1.46. The molecule has 2 atom stereocenters. The van der Waals surface area contributed by atoms with E-state index in [1.165, 1.54) is 0 Å². The standard InChI is InChI=1S/C11H17FN2O3/c1-11(2,3)17-10(16)14-6-7(12)4-8(14)9(15)5-13/h5,7-8,13H,4,6H2,1-3H3/t7-,8-/m0/s1. The zero-order valence-corrected chi connectivity index (χ0v) is 10.2. The zero-order chi connectivity index (χ0) is 13.2. The number of nitrogens with one attached hydrogen (secondary N) is 1. The Bertz CT molecular complexity index is 338. The summed E-state index contributed by atoms with van der Waals surface area (Å²) in [6.45, 7) is 4.93. The second-order valence-corrected chi connectivity index (χ2v) is 5.03. The average Bonchev–Trinajstić information content (AvgIpc) is 2.56. The van der Waals surface area contributed by atoms with Crippen LogP contribution in [0, 0.1) is 5.41 Å². The molecule has 1 saturated heterocycles. The maximum atomic E-state index is 13.2. The van der Waals surface area contributed by atoms with Gasteiger partial charge in [-0.1, -0.05) is 0 Å². The van der Waals surface area contributed by atoms with E-state index in [4.69, 9.17) is 10.1 Å². The number of ether oxygens (including phenoxy) is 1. The van der Waals surface area contributed by atoms with Crippen molar-refractivity contribution in [3.8, 4) is 0 Å². The highest BCUT2D eigenvalue weighted by Gasteiger charge is 2.40. The summed E-state index contributed by atoms with van der Waals surface area (Å²) in [5, 5.41) is 6.87. The second kappa shape index (κ2) is 4.81. The third-order valence-electron chi connectivity index (χ3n) is 2.35. The first kappa shape index (κ1) is 13.6. The van der Waals surface area contributed by atoms with Gasteiger partial charge in [0.05, 0.1) is 12.8 Å². The number of carbonyl (C=O) groups is 2. The van der Waals surface area contributed by atoms with Crippen LogP contribution in [0.5, 0.6) is 0 Å². The first-order valence-electron chi connectivity index (χ1n) is 5.42. The molecule has 0 aliphatic carbocycles. The number of rotatable bonds is 2. The van der Waals surface area contributed by atoms with E-state index in [1.807, 2.05) is 0 Å². The lowest BCUT2D eigenvalue weighted by Crippen LogP contribution is -2.43. The highest BCUT2D eigenvalue weighted by Crippen LogP contribution is 2.23. The van der Waals surface area contributed by atoms with Crippen molar-refractivity contribution in [2.45, 2.75) is 45.0 Å². The minimum atomic E-state index is -1.24. The van der Waals surface area contributed by atoms with E-state index < -0.39 is 29.7 Å². The van der Waals surface area contributed by atoms with Crippen LogP contribution in [0.4, 0.5) is 9.18 Å². The Morgan fingerprint density at radius 3 is 2.53 bits per heavy atom. The van der Waals surface area contributed by atoms with Gasteiger partial charge in [0.2, 0.25) is 0 Å². The molecule has 0 aromatic rings. The molecule has 1 N–H and O–H groups in total. The molecule has 1 amide bonds. The van der Waals surface area contributed by atoms with Crippen molar-refractivity contribution in [1.82, 2.24) is 4.90 Å². The van der Waals surface area contributed by atoms with Crippen LogP contribution in [0.1, 0.15) is 27.2 Å². The first-order chi connectivity index (χ1) is 7.74. The van der Waals surface area contributed by atoms with Gasteiger partial charge in [0.25, 0.3) is 0 Å². The Labute approximate surface area is 99.4 Å². The van der Waals surface area contributed by atoms with E-state index in [0.717, 1.165) is 4.90 Å². The third-order valence-corrected chi connectivity index (χ3v) is 2.35. The van der Waals surface area contributed by atoms with Crippen molar-refractivity contribution in [2.75, 3.05) is 6.54 Å². The highest BCUT2D eigenvalue weighted by atomic mass is 19.1. The van der Waals surface area contributed by atoms with E-state index in [0.29, 0.717) is 6.21 Å². The molecule has 0 unspecified atom stereocenters. The van der Waals surface area contributed by atoms with Crippen LogP contribution in [0.3, 0.4) is 0 Å². The topological polar surface area (TPSA) is 70.5 Å². The first-order valence-corrected chi connectivity index (χ1v) is 5.42. The Kier molecular flexibility index (Phi) is 3.85. The molecular weight excluding hydrogens is 227 g/mol. The van der Waals surface area contributed by atoms with Crippen LogP contribution in [0.15, 0.2) is 0 Å². The Morgan fingerprint density at radius 1 is 1.47 bits per heavy atom. The summed E-state index contributed by atoms with van der Waals surface area (Å²) in [6, 6.07) is -0.905. The number of hydrogen-bond acceptors (Lipinski definition) is 4. The molecule has 1 aliphatic rings. The minimum absolute atomic E-state index is 0.0620.